The van der Waals surface area contributed by atoms with E-state index in [1.807, 2.05) is 4.90 Å². The normalized spacial score (nSPS) is 10.6. The molecule has 0 fully saturated rings. The lowest BCUT2D eigenvalue weighted by atomic mass is 10.1. The van der Waals surface area contributed by atoms with Gasteiger partial charge in [-0.3, -0.25) is 9.69 Å². The smallest absolute Gasteiger partial charge is 0.248 e. The van der Waals surface area contributed by atoms with Gasteiger partial charge in [-0.25, -0.2) is 4.39 Å². The molecule has 0 bridgehead atoms. The van der Waals surface area contributed by atoms with Crippen molar-refractivity contribution in [2.75, 3.05) is 19.7 Å². The standard InChI is InChI=1S/C13H17FN2O2/c1-2-5-16(6-7-17)9-11-4-3-10(13(15)18)8-12(11)14/h2-4,8,17H,1,5-7,9H2,(H2,15,18). The van der Waals surface area contributed by atoms with E-state index in [0.717, 1.165) is 6.07 Å². The van der Waals surface area contributed by atoms with E-state index >= 15 is 0 Å². The van der Waals surface area contributed by atoms with Crippen LogP contribution in [0.25, 0.3) is 0 Å². The molecule has 0 saturated carbocycles. The monoisotopic (exact) mass is 252 g/mol. The summed E-state index contributed by atoms with van der Waals surface area (Å²) in [7, 11) is 0. The molecule has 98 valence electrons. The maximum atomic E-state index is 13.7. The summed E-state index contributed by atoms with van der Waals surface area (Å²) in [6.07, 6.45) is 1.69. The summed E-state index contributed by atoms with van der Waals surface area (Å²) in [4.78, 5) is 12.7. The fourth-order valence-electron chi connectivity index (χ4n) is 1.63. The average molecular weight is 252 g/mol. The van der Waals surface area contributed by atoms with E-state index in [4.69, 9.17) is 10.8 Å². The van der Waals surface area contributed by atoms with Crippen LogP contribution in [0.5, 0.6) is 0 Å². The Kier molecular flexibility index (Phi) is 5.48. The number of hydrogen-bond donors (Lipinski definition) is 2. The van der Waals surface area contributed by atoms with Crippen molar-refractivity contribution >= 4 is 5.91 Å². The second kappa shape index (κ2) is 6.88. The van der Waals surface area contributed by atoms with Crippen LogP contribution >= 0.6 is 0 Å². The van der Waals surface area contributed by atoms with Gasteiger partial charge in [0.05, 0.1) is 6.61 Å². The zero-order valence-corrected chi connectivity index (χ0v) is 10.1. The number of nitrogens with two attached hydrogens (primary N) is 1. The van der Waals surface area contributed by atoms with Gasteiger partial charge in [0.2, 0.25) is 5.91 Å². The molecule has 1 rings (SSSR count). The summed E-state index contributed by atoms with van der Waals surface area (Å²) in [5, 5.41) is 8.90. The number of hydrogen-bond acceptors (Lipinski definition) is 3. The van der Waals surface area contributed by atoms with E-state index in [2.05, 4.69) is 6.58 Å². The maximum Gasteiger partial charge on any atom is 0.248 e. The van der Waals surface area contributed by atoms with Crippen molar-refractivity contribution in [2.24, 2.45) is 5.73 Å². The van der Waals surface area contributed by atoms with Gasteiger partial charge in [-0.1, -0.05) is 12.1 Å². The average Bonchev–Trinajstić information content (AvgIpc) is 2.32. The molecular formula is C13H17FN2O2. The number of nitrogens with zero attached hydrogens (tertiary/aromatic N) is 1. The molecule has 5 heteroatoms. The van der Waals surface area contributed by atoms with Gasteiger partial charge in [0, 0.05) is 30.8 Å². The van der Waals surface area contributed by atoms with Crippen LogP contribution in [0.3, 0.4) is 0 Å². The predicted molar refractivity (Wildman–Crippen MR) is 67.5 cm³/mol. The highest BCUT2D eigenvalue weighted by atomic mass is 19.1. The van der Waals surface area contributed by atoms with Crippen molar-refractivity contribution in [1.82, 2.24) is 4.90 Å². The number of aliphatic hydroxyl groups excluding tert-OH is 1. The highest BCUT2D eigenvalue weighted by molar-refractivity contribution is 5.92. The Morgan fingerprint density at radius 2 is 2.28 bits per heavy atom. The van der Waals surface area contributed by atoms with Crippen molar-refractivity contribution in [3.8, 4) is 0 Å². The molecular weight excluding hydrogens is 235 g/mol. The van der Waals surface area contributed by atoms with E-state index in [-0.39, 0.29) is 12.2 Å². The van der Waals surface area contributed by atoms with E-state index < -0.39 is 11.7 Å². The number of halogens is 1. The van der Waals surface area contributed by atoms with Crippen LogP contribution in [0.4, 0.5) is 4.39 Å². The number of primary amides is 1. The molecule has 4 nitrogen and oxygen atoms in total. The third kappa shape index (κ3) is 3.94. The van der Waals surface area contributed by atoms with Gasteiger partial charge in [0.1, 0.15) is 5.82 Å². The minimum atomic E-state index is -0.654. The molecule has 0 saturated heterocycles. The summed E-state index contributed by atoms with van der Waals surface area (Å²) in [5.74, 6) is -1.13. The first-order valence-corrected chi connectivity index (χ1v) is 5.60. The molecule has 0 aliphatic carbocycles. The fraction of sp³-hybridized carbons (Fsp3) is 0.308. The molecule has 0 radical (unpaired) electrons. The van der Waals surface area contributed by atoms with Gasteiger partial charge < -0.3 is 10.8 Å². The minimum Gasteiger partial charge on any atom is -0.395 e. The summed E-state index contributed by atoms with van der Waals surface area (Å²) in [6.45, 7) is 4.93. The molecule has 0 heterocycles. The summed E-state index contributed by atoms with van der Waals surface area (Å²) in [6, 6.07) is 4.15. The number of carbonyl (C=O) groups excluding carboxylic acids is 1. The van der Waals surface area contributed by atoms with E-state index in [0.29, 0.717) is 25.2 Å². The number of carbonyl (C=O) groups is 1. The first-order chi connectivity index (χ1) is 8.58. The largest absolute Gasteiger partial charge is 0.395 e. The second-order valence-corrected chi connectivity index (χ2v) is 3.92. The first kappa shape index (κ1) is 14.3. The molecule has 0 atom stereocenters. The number of rotatable bonds is 7. The molecule has 3 N–H and O–H groups in total. The lowest BCUT2D eigenvalue weighted by molar-refractivity contribution is 0.1000. The van der Waals surface area contributed by atoms with Crippen LogP contribution in [0, 0.1) is 5.82 Å². The highest BCUT2D eigenvalue weighted by Gasteiger charge is 2.10. The molecule has 0 unspecified atom stereocenters. The summed E-state index contributed by atoms with van der Waals surface area (Å²) >= 11 is 0. The van der Waals surface area contributed by atoms with Crippen molar-refractivity contribution in [3.05, 3.63) is 47.8 Å². The third-order valence-corrected chi connectivity index (χ3v) is 2.54. The van der Waals surface area contributed by atoms with Crippen molar-refractivity contribution in [2.45, 2.75) is 6.54 Å². The van der Waals surface area contributed by atoms with Gasteiger partial charge in [0.15, 0.2) is 0 Å². The molecule has 0 aliphatic heterocycles. The number of benzene rings is 1. The molecule has 0 spiro atoms. The molecule has 0 aromatic heterocycles. The minimum absolute atomic E-state index is 0.00513. The first-order valence-electron chi connectivity index (χ1n) is 5.60. The Balaban J connectivity index is 2.82. The van der Waals surface area contributed by atoms with Crippen molar-refractivity contribution in [1.29, 1.82) is 0 Å². The summed E-state index contributed by atoms with van der Waals surface area (Å²) < 4.78 is 13.7. The van der Waals surface area contributed by atoms with Gasteiger partial charge >= 0.3 is 0 Å². The lowest BCUT2D eigenvalue weighted by Gasteiger charge is -2.19. The van der Waals surface area contributed by atoms with Crippen LogP contribution in [0.1, 0.15) is 15.9 Å². The van der Waals surface area contributed by atoms with Crippen LogP contribution < -0.4 is 5.73 Å². The van der Waals surface area contributed by atoms with Crippen molar-refractivity contribution < 1.29 is 14.3 Å². The summed E-state index contributed by atoms with van der Waals surface area (Å²) in [5.41, 5.74) is 5.67. The number of aliphatic hydroxyl groups is 1. The van der Waals surface area contributed by atoms with Crippen LogP contribution in [-0.2, 0) is 6.54 Å². The Morgan fingerprint density at radius 3 is 2.78 bits per heavy atom. The van der Waals surface area contributed by atoms with E-state index in [9.17, 15) is 9.18 Å². The quantitative estimate of drug-likeness (QED) is 0.709. The predicted octanol–water partition coefficient (Wildman–Crippen LogP) is 0.905. The van der Waals surface area contributed by atoms with Gasteiger partial charge in [-0.15, -0.1) is 6.58 Å². The zero-order chi connectivity index (χ0) is 13.5. The topological polar surface area (TPSA) is 66.6 Å². The van der Waals surface area contributed by atoms with Crippen molar-refractivity contribution in [3.63, 3.8) is 0 Å². The van der Waals surface area contributed by atoms with E-state index in [1.54, 1.807) is 6.08 Å². The van der Waals surface area contributed by atoms with Crippen LogP contribution in [0.15, 0.2) is 30.9 Å². The highest BCUT2D eigenvalue weighted by Crippen LogP contribution is 2.12. The molecule has 18 heavy (non-hydrogen) atoms. The SMILES string of the molecule is C=CCN(CCO)Cc1ccc(C(N)=O)cc1F. The molecule has 1 aromatic rings. The van der Waals surface area contributed by atoms with Gasteiger partial charge in [-0.05, 0) is 12.1 Å². The fourth-order valence-corrected chi connectivity index (χ4v) is 1.63. The molecule has 1 aromatic carbocycles. The number of amides is 1. The van der Waals surface area contributed by atoms with Gasteiger partial charge in [-0.2, -0.15) is 0 Å². The molecule has 0 aliphatic rings. The second-order valence-electron chi connectivity index (χ2n) is 3.92. The third-order valence-electron chi connectivity index (χ3n) is 2.54. The van der Waals surface area contributed by atoms with Gasteiger partial charge in [0.25, 0.3) is 0 Å². The zero-order valence-electron chi connectivity index (χ0n) is 10.1. The lowest BCUT2D eigenvalue weighted by Crippen LogP contribution is -2.27. The van der Waals surface area contributed by atoms with E-state index in [1.165, 1.54) is 12.1 Å². The Labute approximate surface area is 106 Å². The Morgan fingerprint density at radius 1 is 1.56 bits per heavy atom. The molecule has 1 amide bonds. The Hall–Kier alpha value is -1.72. The maximum absolute atomic E-state index is 13.7. The Bertz CT molecular complexity index is 435. The van der Waals surface area contributed by atoms with Crippen LogP contribution in [-0.4, -0.2) is 35.6 Å². The van der Waals surface area contributed by atoms with Crippen LogP contribution in [0.2, 0.25) is 0 Å².